The highest BCUT2D eigenvalue weighted by atomic mass is 79.9. The van der Waals surface area contributed by atoms with Crippen LogP contribution in [0.2, 0.25) is 0 Å². The minimum atomic E-state index is -1.37. The zero-order chi connectivity index (χ0) is 14.2. The molecule has 0 aliphatic heterocycles. The van der Waals surface area contributed by atoms with Gasteiger partial charge in [0.1, 0.15) is 11.9 Å². The monoisotopic (exact) mass is 330 g/mol. The number of hydrogen-bond donors (Lipinski definition) is 1. The molecular formula is C14H10BrF3O. The number of aliphatic hydroxyl groups is 1. The topological polar surface area (TPSA) is 20.2 Å². The lowest BCUT2D eigenvalue weighted by molar-refractivity contribution is 0.213. The van der Waals surface area contributed by atoms with Crippen molar-refractivity contribution in [2.45, 2.75) is 13.0 Å². The molecule has 0 heterocycles. The minimum absolute atomic E-state index is 0.0201. The maximum atomic E-state index is 13.7. The van der Waals surface area contributed by atoms with Crippen molar-refractivity contribution in [3.05, 3.63) is 68.9 Å². The standard InChI is InChI=1S/C14H10BrF3O/c1-7-2-4-10(16)9(6-7)14(19)8-3-5-11(17)13(18)12(8)15/h2-6,14,19H,1H3. The predicted molar refractivity (Wildman–Crippen MR) is 69.3 cm³/mol. The van der Waals surface area contributed by atoms with Crippen LogP contribution in [0.3, 0.4) is 0 Å². The maximum absolute atomic E-state index is 13.7. The van der Waals surface area contributed by atoms with Crippen molar-refractivity contribution in [1.82, 2.24) is 0 Å². The molecule has 0 saturated heterocycles. The van der Waals surface area contributed by atoms with E-state index < -0.39 is 23.6 Å². The molecule has 2 aromatic carbocycles. The average molecular weight is 331 g/mol. The Hall–Kier alpha value is -1.33. The van der Waals surface area contributed by atoms with Gasteiger partial charge >= 0.3 is 0 Å². The Morgan fingerprint density at radius 1 is 1.00 bits per heavy atom. The highest BCUT2D eigenvalue weighted by molar-refractivity contribution is 9.10. The first-order valence-electron chi connectivity index (χ1n) is 5.49. The SMILES string of the molecule is Cc1ccc(F)c(C(O)c2ccc(F)c(F)c2Br)c1. The molecule has 100 valence electrons. The van der Waals surface area contributed by atoms with Crippen LogP contribution in [-0.4, -0.2) is 5.11 Å². The van der Waals surface area contributed by atoms with E-state index in [0.717, 1.165) is 11.6 Å². The van der Waals surface area contributed by atoms with Crippen LogP contribution in [0.5, 0.6) is 0 Å². The Kier molecular flexibility index (Phi) is 3.96. The van der Waals surface area contributed by atoms with Crippen LogP contribution in [0.25, 0.3) is 0 Å². The molecule has 2 rings (SSSR count). The van der Waals surface area contributed by atoms with E-state index in [1.165, 1.54) is 18.2 Å². The summed E-state index contributed by atoms with van der Waals surface area (Å²) in [5.41, 5.74) is 0.851. The zero-order valence-corrected chi connectivity index (χ0v) is 11.5. The number of aryl methyl sites for hydroxylation is 1. The number of hydrogen-bond acceptors (Lipinski definition) is 1. The van der Waals surface area contributed by atoms with Gasteiger partial charge in [-0.1, -0.05) is 23.8 Å². The van der Waals surface area contributed by atoms with Crippen LogP contribution in [0, 0.1) is 24.4 Å². The lowest BCUT2D eigenvalue weighted by Gasteiger charge is -2.15. The number of halogens is 4. The third kappa shape index (κ3) is 2.67. The molecule has 0 radical (unpaired) electrons. The average Bonchev–Trinajstić information content (AvgIpc) is 2.38. The lowest BCUT2D eigenvalue weighted by Crippen LogP contribution is -2.05. The second kappa shape index (κ2) is 5.35. The zero-order valence-electron chi connectivity index (χ0n) is 9.92. The van der Waals surface area contributed by atoms with Crippen LogP contribution < -0.4 is 0 Å². The molecule has 19 heavy (non-hydrogen) atoms. The summed E-state index contributed by atoms with van der Waals surface area (Å²) < 4.78 is 39.9. The molecule has 0 bridgehead atoms. The molecular weight excluding hydrogens is 321 g/mol. The van der Waals surface area contributed by atoms with Crippen molar-refractivity contribution < 1.29 is 18.3 Å². The second-order valence-electron chi connectivity index (χ2n) is 4.19. The van der Waals surface area contributed by atoms with Crippen molar-refractivity contribution >= 4 is 15.9 Å². The number of benzene rings is 2. The highest BCUT2D eigenvalue weighted by Crippen LogP contribution is 2.32. The summed E-state index contributed by atoms with van der Waals surface area (Å²) in [6.07, 6.45) is -1.37. The predicted octanol–water partition coefficient (Wildman–Crippen LogP) is 4.26. The van der Waals surface area contributed by atoms with E-state index in [2.05, 4.69) is 15.9 Å². The first-order chi connectivity index (χ1) is 8.91. The van der Waals surface area contributed by atoms with Crippen molar-refractivity contribution in [1.29, 1.82) is 0 Å². The summed E-state index contributed by atoms with van der Waals surface area (Å²) in [7, 11) is 0. The Morgan fingerprint density at radius 2 is 1.63 bits per heavy atom. The van der Waals surface area contributed by atoms with E-state index in [9.17, 15) is 18.3 Å². The molecule has 0 aliphatic rings. The molecule has 5 heteroatoms. The third-order valence-corrected chi connectivity index (χ3v) is 3.61. The van der Waals surface area contributed by atoms with Crippen molar-refractivity contribution in [3.8, 4) is 0 Å². The van der Waals surface area contributed by atoms with Gasteiger partial charge in [0.25, 0.3) is 0 Å². The molecule has 0 spiro atoms. The van der Waals surface area contributed by atoms with Gasteiger partial charge in [-0.2, -0.15) is 0 Å². The van der Waals surface area contributed by atoms with Gasteiger partial charge in [-0.05, 0) is 35.0 Å². The van der Waals surface area contributed by atoms with Crippen molar-refractivity contribution in [2.75, 3.05) is 0 Å². The van der Waals surface area contributed by atoms with E-state index >= 15 is 0 Å². The quantitative estimate of drug-likeness (QED) is 0.816. The molecule has 1 atom stereocenters. The molecule has 1 N–H and O–H groups in total. The fourth-order valence-corrected chi connectivity index (χ4v) is 2.33. The van der Waals surface area contributed by atoms with Crippen molar-refractivity contribution in [2.24, 2.45) is 0 Å². The Bertz CT molecular complexity index is 628. The van der Waals surface area contributed by atoms with Crippen LogP contribution in [0.1, 0.15) is 22.8 Å². The fourth-order valence-electron chi connectivity index (χ4n) is 1.79. The van der Waals surface area contributed by atoms with Gasteiger partial charge < -0.3 is 5.11 Å². The molecule has 0 fully saturated rings. The van der Waals surface area contributed by atoms with Gasteiger partial charge in [0.15, 0.2) is 11.6 Å². The largest absolute Gasteiger partial charge is 0.384 e. The highest BCUT2D eigenvalue weighted by Gasteiger charge is 2.21. The molecule has 0 saturated carbocycles. The van der Waals surface area contributed by atoms with Gasteiger partial charge in [0.05, 0.1) is 4.47 Å². The molecule has 2 aromatic rings. The van der Waals surface area contributed by atoms with E-state index in [1.54, 1.807) is 13.0 Å². The van der Waals surface area contributed by atoms with Crippen molar-refractivity contribution in [3.63, 3.8) is 0 Å². The first kappa shape index (κ1) is 14.1. The van der Waals surface area contributed by atoms with Crippen LogP contribution in [0.15, 0.2) is 34.8 Å². The van der Waals surface area contributed by atoms with E-state index in [-0.39, 0.29) is 15.6 Å². The lowest BCUT2D eigenvalue weighted by atomic mass is 9.99. The number of rotatable bonds is 2. The van der Waals surface area contributed by atoms with Crippen LogP contribution >= 0.6 is 15.9 Å². The first-order valence-corrected chi connectivity index (χ1v) is 6.28. The molecule has 0 amide bonds. The summed E-state index contributed by atoms with van der Waals surface area (Å²) in [6.45, 7) is 1.75. The third-order valence-electron chi connectivity index (χ3n) is 2.81. The van der Waals surface area contributed by atoms with Gasteiger partial charge in [-0.15, -0.1) is 0 Å². The van der Waals surface area contributed by atoms with E-state index in [0.29, 0.717) is 0 Å². The summed E-state index contributed by atoms with van der Waals surface area (Å²) >= 11 is 2.87. The van der Waals surface area contributed by atoms with E-state index in [4.69, 9.17) is 0 Å². The van der Waals surface area contributed by atoms with Gasteiger partial charge in [0.2, 0.25) is 0 Å². The smallest absolute Gasteiger partial charge is 0.173 e. The van der Waals surface area contributed by atoms with Crippen LogP contribution in [0.4, 0.5) is 13.2 Å². The summed E-state index contributed by atoms with van der Waals surface area (Å²) in [4.78, 5) is 0. The summed E-state index contributed by atoms with van der Waals surface area (Å²) in [5, 5.41) is 10.1. The Balaban J connectivity index is 2.53. The van der Waals surface area contributed by atoms with Gasteiger partial charge in [-0.25, -0.2) is 13.2 Å². The molecule has 1 unspecified atom stereocenters. The van der Waals surface area contributed by atoms with Crippen LogP contribution in [-0.2, 0) is 0 Å². The fraction of sp³-hybridized carbons (Fsp3) is 0.143. The molecule has 1 nitrogen and oxygen atoms in total. The summed E-state index contributed by atoms with van der Waals surface area (Å²) in [5.74, 6) is -2.74. The Morgan fingerprint density at radius 3 is 2.32 bits per heavy atom. The van der Waals surface area contributed by atoms with Gasteiger partial charge in [0, 0.05) is 11.1 Å². The maximum Gasteiger partial charge on any atom is 0.173 e. The minimum Gasteiger partial charge on any atom is -0.384 e. The second-order valence-corrected chi connectivity index (χ2v) is 4.99. The normalized spacial score (nSPS) is 12.5. The Labute approximate surface area is 116 Å². The van der Waals surface area contributed by atoms with E-state index in [1.807, 2.05) is 0 Å². The number of aliphatic hydroxyl groups excluding tert-OH is 1. The molecule has 0 aliphatic carbocycles. The van der Waals surface area contributed by atoms with Gasteiger partial charge in [-0.3, -0.25) is 0 Å². The summed E-state index contributed by atoms with van der Waals surface area (Å²) in [6, 6.07) is 6.36. The molecule has 0 aromatic heterocycles.